The number of anilines is 2. The predicted octanol–water partition coefficient (Wildman–Crippen LogP) is 3.78. The standard InChI is InChI=1S/C19H21N7O2S.C18H23N7O2S/c1-13(5-8-25-29(2,27)28)14-3-4-17(21-9-14)26-11-15(10-24-26)16-6-7-20-19-18(16)22-12-23-19;1-12(5-8-24-28(2,26)27)13-3-4-16(22-9-13)25-11-14(10-23-25)15-6-7-21-18(20)17(15)19/h3-4,6-7,9-13,25H,5,8H2,1-2H3,(H,20,22,23);3-4,6-7,9-12,24H,5,8,19H2,1-2H3,(H2,20,21). The van der Waals surface area contributed by atoms with E-state index in [1.807, 2.05) is 56.6 Å². The molecule has 0 amide bonds. The van der Waals surface area contributed by atoms with Gasteiger partial charge >= 0.3 is 0 Å². The minimum atomic E-state index is -3.17. The van der Waals surface area contributed by atoms with Crippen LogP contribution >= 0.6 is 0 Å². The van der Waals surface area contributed by atoms with Gasteiger partial charge in [0.15, 0.2) is 17.3 Å². The maximum absolute atomic E-state index is 11.2. The zero-order chi connectivity index (χ0) is 40.7. The van der Waals surface area contributed by atoms with Crippen molar-refractivity contribution < 1.29 is 16.8 Å². The van der Waals surface area contributed by atoms with Crippen LogP contribution in [0, 0.1) is 0 Å². The van der Waals surface area contributed by atoms with Gasteiger partial charge in [-0.25, -0.2) is 60.6 Å². The van der Waals surface area contributed by atoms with Gasteiger partial charge in [0.05, 0.1) is 42.4 Å². The van der Waals surface area contributed by atoms with Crippen molar-refractivity contribution in [3.05, 3.63) is 103 Å². The van der Waals surface area contributed by atoms with Crippen LogP contribution in [0.3, 0.4) is 0 Å². The fourth-order valence-electron chi connectivity index (χ4n) is 5.91. The van der Waals surface area contributed by atoms with Gasteiger partial charge in [0.25, 0.3) is 0 Å². The Morgan fingerprint density at radius 3 is 1.68 bits per heavy atom. The van der Waals surface area contributed by atoms with E-state index in [-0.39, 0.29) is 17.7 Å². The third-order valence-electron chi connectivity index (χ3n) is 9.17. The number of sulfonamides is 2. The van der Waals surface area contributed by atoms with Crippen molar-refractivity contribution >= 4 is 42.7 Å². The Labute approximate surface area is 330 Å². The molecule has 0 saturated carbocycles. The van der Waals surface area contributed by atoms with E-state index in [0.717, 1.165) is 51.4 Å². The Balaban J connectivity index is 0.000000193. The number of hydrogen-bond donors (Lipinski definition) is 5. The topological polar surface area (TPSA) is 260 Å². The number of nitrogens with one attached hydrogen (secondary N) is 3. The summed E-state index contributed by atoms with van der Waals surface area (Å²) in [7, 11) is -6.33. The summed E-state index contributed by atoms with van der Waals surface area (Å²) in [6.07, 6.45) is 19.4. The fourth-order valence-corrected chi connectivity index (χ4v) is 6.89. The van der Waals surface area contributed by atoms with Crippen LogP contribution in [0.15, 0.2) is 92.3 Å². The van der Waals surface area contributed by atoms with Crippen molar-refractivity contribution in [1.29, 1.82) is 0 Å². The van der Waals surface area contributed by atoms with Crippen LogP contribution in [0.5, 0.6) is 0 Å². The highest BCUT2D eigenvalue weighted by Gasteiger charge is 2.14. The van der Waals surface area contributed by atoms with Crippen molar-refractivity contribution in [1.82, 2.24) is 58.9 Å². The molecule has 2 atom stereocenters. The summed E-state index contributed by atoms with van der Waals surface area (Å²) in [4.78, 5) is 24.5. The van der Waals surface area contributed by atoms with Crippen molar-refractivity contribution in [2.45, 2.75) is 38.5 Å². The van der Waals surface area contributed by atoms with Gasteiger partial charge in [-0.1, -0.05) is 26.0 Å². The normalized spacial score (nSPS) is 12.9. The van der Waals surface area contributed by atoms with E-state index in [9.17, 15) is 16.8 Å². The molecule has 7 rings (SSSR count). The smallest absolute Gasteiger partial charge is 0.208 e. The first-order valence-corrected chi connectivity index (χ1v) is 21.6. The van der Waals surface area contributed by atoms with Crippen LogP contribution in [-0.2, 0) is 20.0 Å². The zero-order valence-electron chi connectivity index (χ0n) is 31.8. The van der Waals surface area contributed by atoms with E-state index in [0.29, 0.717) is 48.9 Å². The number of fused-ring (bicyclic) bond motifs is 1. The Bertz CT molecular complexity index is 2660. The van der Waals surface area contributed by atoms with Gasteiger partial charge in [-0.05, 0) is 60.1 Å². The summed E-state index contributed by atoms with van der Waals surface area (Å²) in [5.41, 5.74) is 19.3. The summed E-state index contributed by atoms with van der Waals surface area (Å²) in [5.74, 6) is 2.01. The van der Waals surface area contributed by atoms with Gasteiger partial charge in [-0.15, -0.1) is 0 Å². The third kappa shape index (κ3) is 10.6. The minimum Gasteiger partial charge on any atom is -0.395 e. The van der Waals surface area contributed by atoms with Gasteiger partial charge in [0, 0.05) is 72.5 Å². The second-order valence-corrected chi connectivity index (χ2v) is 17.2. The quantitative estimate of drug-likeness (QED) is 0.105. The molecule has 2 unspecified atom stereocenters. The van der Waals surface area contributed by atoms with Crippen LogP contribution < -0.4 is 20.9 Å². The number of nitrogen functional groups attached to an aromatic ring is 2. The molecule has 20 heteroatoms. The van der Waals surface area contributed by atoms with E-state index in [1.165, 1.54) is 0 Å². The van der Waals surface area contributed by atoms with Gasteiger partial charge in [-0.2, -0.15) is 10.2 Å². The van der Waals surface area contributed by atoms with E-state index in [2.05, 4.69) is 49.5 Å². The van der Waals surface area contributed by atoms with E-state index >= 15 is 0 Å². The number of nitrogens with zero attached hydrogens (tertiary/aromatic N) is 9. The first kappa shape index (κ1) is 40.6. The SMILES string of the molecule is CC(CCNS(C)(=O)=O)c1ccc(-n2cc(-c3ccnc(N)c3N)cn2)nc1.CC(CCNS(C)(=O)=O)c1ccc(-n2cc(-c3ccnc4nc[nH]c34)cn2)nc1. The van der Waals surface area contributed by atoms with Crippen molar-refractivity contribution in [3.8, 4) is 33.9 Å². The zero-order valence-corrected chi connectivity index (χ0v) is 33.4. The summed E-state index contributed by atoms with van der Waals surface area (Å²) < 4.78 is 53.0. The molecule has 18 nitrogen and oxygen atoms in total. The predicted molar refractivity (Wildman–Crippen MR) is 219 cm³/mol. The number of pyridine rings is 4. The molecule has 7 N–H and O–H groups in total. The second-order valence-electron chi connectivity index (χ2n) is 13.6. The molecule has 0 aliphatic carbocycles. The molecule has 7 heterocycles. The van der Waals surface area contributed by atoms with Crippen molar-refractivity contribution in [2.75, 3.05) is 37.1 Å². The lowest BCUT2D eigenvalue weighted by molar-refractivity contribution is 0.576. The van der Waals surface area contributed by atoms with Gasteiger partial charge in [0.2, 0.25) is 20.0 Å². The Morgan fingerprint density at radius 2 is 1.18 bits per heavy atom. The molecule has 298 valence electrons. The number of imidazole rings is 1. The first-order chi connectivity index (χ1) is 27.1. The summed E-state index contributed by atoms with van der Waals surface area (Å²) in [5, 5.41) is 8.77. The highest BCUT2D eigenvalue weighted by Crippen LogP contribution is 2.29. The molecule has 0 fully saturated rings. The molecule has 0 saturated heterocycles. The molecule has 0 radical (unpaired) electrons. The highest BCUT2D eigenvalue weighted by molar-refractivity contribution is 7.89. The molecule has 7 aromatic heterocycles. The molecule has 0 aromatic carbocycles. The monoisotopic (exact) mass is 812 g/mol. The Kier molecular flexibility index (Phi) is 12.4. The number of hydrogen-bond acceptors (Lipinski definition) is 13. The Morgan fingerprint density at radius 1 is 0.667 bits per heavy atom. The van der Waals surface area contributed by atoms with E-state index < -0.39 is 20.0 Å². The third-order valence-corrected chi connectivity index (χ3v) is 10.6. The maximum Gasteiger partial charge on any atom is 0.208 e. The van der Waals surface area contributed by atoms with Crippen molar-refractivity contribution in [3.63, 3.8) is 0 Å². The molecule has 57 heavy (non-hydrogen) atoms. The van der Waals surface area contributed by atoms with E-state index in [1.54, 1.807) is 58.9 Å². The molecule has 0 aliphatic rings. The number of rotatable bonds is 14. The number of nitrogens with two attached hydrogens (primary N) is 2. The average Bonchev–Trinajstić information content (AvgIpc) is 3.97. The number of aromatic amines is 1. The van der Waals surface area contributed by atoms with Crippen LogP contribution in [-0.4, -0.2) is 91.9 Å². The van der Waals surface area contributed by atoms with Gasteiger partial charge in [-0.3, -0.25) is 0 Å². The van der Waals surface area contributed by atoms with Gasteiger partial charge < -0.3 is 16.5 Å². The summed E-state index contributed by atoms with van der Waals surface area (Å²) >= 11 is 0. The minimum absolute atomic E-state index is 0.170. The van der Waals surface area contributed by atoms with Crippen LogP contribution in [0.2, 0.25) is 0 Å². The van der Waals surface area contributed by atoms with Crippen LogP contribution in [0.4, 0.5) is 11.5 Å². The summed E-state index contributed by atoms with van der Waals surface area (Å²) in [6, 6.07) is 11.4. The van der Waals surface area contributed by atoms with Crippen molar-refractivity contribution in [2.24, 2.45) is 0 Å². The number of aromatic nitrogens is 10. The molecule has 0 bridgehead atoms. The average molecular weight is 813 g/mol. The second kappa shape index (κ2) is 17.4. The van der Waals surface area contributed by atoms with Gasteiger partial charge in [0.1, 0.15) is 5.82 Å². The lowest BCUT2D eigenvalue weighted by Gasteiger charge is -2.12. The molecular formula is C37H44N14O4S2. The van der Waals surface area contributed by atoms with Crippen LogP contribution in [0.25, 0.3) is 45.1 Å². The summed E-state index contributed by atoms with van der Waals surface area (Å²) in [6.45, 7) is 4.87. The van der Waals surface area contributed by atoms with Crippen LogP contribution in [0.1, 0.15) is 49.7 Å². The van der Waals surface area contributed by atoms with E-state index in [4.69, 9.17) is 11.5 Å². The highest BCUT2D eigenvalue weighted by atomic mass is 32.2. The Hall–Kier alpha value is -6.09. The first-order valence-electron chi connectivity index (χ1n) is 17.8. The molecule has 7 aromatic rings. The largest absolute Gasteiger partial charge is 0.395 e. The molecule has 0 spiro atoms. The lowest BCUT2D eigenvalue weighted by atomic mass is 10.00. The molecular weight excluding hydrogens is 769 g/mol. The molecule has 0 aliphatic heterocycles. The fraction of sp³-hybridized carbons (Fsp3) is 0.270. The number of H-pyrrole nitrogens is 1. The maximum atomic E-state index is 11.2. The lowest BCUT2D eigenvalue weighted by Crippen LogP contribution is -2.24.